The van der Waals surface area contributed by atoms with E-state index in [9.17, 15) is 18.0 Å². The molecule has 270 valence electrons. The molecule has 2 aromatic carbocycles. The van der Waals surface area contributed by atoms with Crippen molar-refractivity contribution in [2.45, 2.75) is 84.0 Å². The molecule has 1 aliphatic carbocycles. The molecule has 3 atom stereocenters. The lowest BCUT2D eigenvalue weighted by molar-refractivity contribution is -0.153. The number of likely N-dealkylation sites (N-methyl/N-ethyl adjacent to an activating group) is 1. The molecule has 4 aliphatic rings. The van der Waals surface area contributed by atoms with Crippen LogP contribution in [0.15, 0.2) is 36.4 Å². The standard InChI is InChI=1S/C38H51N5O6S/c1-25-22-41(23-26(2)49-25)37(45)38(3)21-29-19-30(48-5)12-14-31(29)35-34(27-9-7-6-8-10-27)32-13-11-28(20-33(32)43(35)24-38)36(44)39-50(46,47)42-17-15-40(4)16-18-42/h11-14,19-20,25-27H,6-10,15-18,21-24H2,1-5H3,(H,39,44)/t25-,26+,38?. The van der Waals surface area contributed by atoms with Crippen molar-refractivity contribution in [3.8, 4) is 17.0 Å². The van der Waals surface area contributed by atoms with E-state index >= 15 is 0 Å². The fraction of sp³-hybridized carbons (Fsp3) is 0.579. The Bertz CT molecular complexity index is 1880. The molecule has 50 heavy (non-hydrogen) atoms. The number of carbonyl (C=O) groups excluding carboxylic acids is 2. The van der Waals surface area contributed by atoms with Crippen LogP contribution in [0.25, 0.3) is 22.2 Å². The predicted molar refractivity (Wildman–Crippen MR) is 194 cm³/mol. The van der Waals surface area contributed by atoms with Crippen LogP contribution in [0.5, 0.6) is 5.75 Å². The Kier molecular flexibility index (Phi) is 9.51. The van der Waals surface area contributed by atoms with Crippen LogP contribution < -0.4 is 9.46 Å². The summed E-state index contributed by atoms with van der Waals surface area (Å²) in [6, 6.07) is 11.8. The van der Waals surface area contributed by atoms with Gasteiger partial charge in [0, 0.05) is 67.8 Å². The lowest BCUT2D eigenvalue weighted by Crippen LogP contribution is -2.54. The molecule has 1 unspecified atom stereocenters. The number of nitrogens with zero attached hydrogens (tertiary/aromatic N) is 4. The third kappa shape index (κ3) is 6.55. The normalized spacial score (nSPS) is 25.5. The highest BCUT2D eigenvalue weighted by Gasteiger charge is 2.44. The number of amides is 2. The molecule has 0 radical (unpaired) electrons. The molecular weight excluding hydrogens is 655 g/mol. The summed E-state index contributed by atoms with van der Waals surface area (Å²) in [6.45, 7) is 9.41. The Morgan fingerprint density at radius 1 is 0.960 bits per heavy atom. The molecule has 12 heteroatoms. The summed E-state index contributed by atoms with van der Waals surface area (Å²) in [5, 5.41) is 1.05. The summed E-state index contributed by atoms with van der Waals surface area (Å²) in [4.78, 5) is 32.5. The minimum Gasteiger partial charge on any atom is -0.497 e. The molecule has 11 nitrogen and oxygen atoms in total. The molecule has 0 bridgehead atoms. The molecule has 2 amide bonds. The lowest BCUT2D eigenvalue weighted by atomic mass is 9.79. The Balaban J connectivity index is 1.37. The number of fused-ring (bicyclic) bond motifs is 5. The largest absolute Gasteiger partial charge is 0.497 e. The quantitative estimate of drug-likeness (QED) is 0.393. The van der Waals surface area contributed by atoms with Gasteiger partial charge in [0.2, 0.25) is 5.91 Å². The van der Waals surface area contributed by atoms with Gasteiger partial charge >= 0.3 is 10.2 Å². The second-order valence-corrected chi connectivity index (χ2v) is 17.0. The van der Waals surface area contributed by atoms with Gasteiger partial charge in [-0.15, -0.1) is 0 Å². The van der Waals surface area contributed by atoms with Crippen molar-refractivity contribution in [3.63, 3.8) is 0 Å². The van der Waals surface area contributed by atoms with Gasteiger partial charge in [-0.25, -0.2) is 4.72 Å². The van der Waals surface area contributed by atoms with Crippen LogP contribution in [0.2, 0.25) is 0 Å². The molecule has 7 rings (SSSR count). The molecular formula is C38H51N5O6S. The van der Waals surface area contributed by atoms with Gasteiger partial charge in [0.1, 0.15) is 5.75 Å². The van der Waals surface area contributed by atoms with Crippen LogP contribution in [-0.2, 0) is 32.7 Å². The number of ether oxygens (including phenoxy) is 2. The maximum atomic E-state index is 14.7. The van der Waals surface area contributed by atoms with Crippen molar-refractivity contribution in [1.82, 2.24) is 23.4 Å². The number of rotatable bonds is 6. The fourth-order valence-electron chi connectivity index (χ4n) is 8.81. The summed E-state index contributed by atoms with van der Waals surface area (Å²) >= 11 is 0. The fourth-order valence-corrected chi connectivity index (χ4v) is 9.94. The Hall–Kier alpha value is -3.45. The van der Waals surface area contributed by atoms with Gasteiger partial charge < -0.3 is 23.8 Å². The van der Waals surface area contributed by atoms with E-state index in [4.69, 9.17) is 9.47 Å². The first-order chi connectivity index (χ1) is 23.9. The van der Waals surface area contributed by atoms with Crippen LogP contribution in [0.4, 0.5) is 0 Å². The van der Waals surface area contributed by atoms with E-state index in [1.54, 1.807) is 13.2 Å². The molecule has 2 saturated heterocycles. The highest BCUT2D eigenvalue weighted by Crippen LogP contribution is 2.49. The van der Waals surface area contributed by atoms with E-state index in [0.29, 0.717) is 58.2 Å². The van der Waals surface area contributed by atoms with Crippen LogP contribution in [0, 0.1) is 5.41 Å². The second-order valence-electron chi connectivity index (χ2n) is 15.3. The molecule has 4 heterocycles. The predicted octanol–water partition coefficient (Wildman–Crippen LogP) is 4.78. The Morgan fingerprint density at radius 3 is 2.34 bits per heavy atom. The minimum atomic E-state index is -4.01. The number of methoxy groups -OCH3 is 1. The number of hydrogen-bond donors (Lipinski definition) is 1. The number of aromatic nitrogens is 1. The summed E-state index contributed by atoms with van der Waals surface area (Å²) in [6.07, 6.45) is 6.07. The molecule has 3 aromatic rings. The molecule has 0 spiro atoms. The first-order valence-electron chi connectivity index (χ1n) is 18.2. The van der Waals surface area contributed by atoms with E-state index < -0.39 is 21.5 Å². The molecule has 1 saturated carbocycles. The molecule has 1 N–H and O–H groups in total. The number of carbonyl (C=O) groups is 2. The SMILES string of the molecule is COc1ccc2c(c1)CC(C)(C(=O)N1C[C@@H](C)O[C@@H](C)C1)Cn1c-2c(C2CCCCC2)c2ccc(C(=O)NS(=O)(=O)N3CCN(C)CC3)cc21. The Morgan fingerprint density at radius 2 is 1.66 bits per heavy atom. The summed E-state index contributed by atoms with van der Waals surface area (Å²) in [7, 11) is -0.392. The van der Waals surface area contributed by atoms with E-state index in [1.807, 2.05) is 44.0 Å². The topological polar surface area (TPSA) is 113 Å². The third-order valence-corrected chi connectivity index (χ3v) is 12.8. The highest BCUT2D eigenvalue weighted by atomic mass is 32.2. The van der Waals surface area contributed by atoms with Crippen molar-refractivity contribution in [1.29, 1.82) is 0 Å². The highest BCUT2D eigenvalue weighted by molar-refractivity contribution is 7.87. The second kappa shape index (κ2) is 13.6. The number of benzene rings is 2. The van der Waals surface area contributed by atoms with Crippen molar-refractivity contribution in [2.75, 3.05) is 53.4 Å². The van der Waals surface area contributed by atoms with E-state index in [1.165, 1.54) is 16.3 Å². The summed E-state index contributed by atoms with van der Waals surface area (Å²) in [5.41, 5.74) is 4.78. The maximum Gasteiger partial charge on any atom is 0.304 e. The molecule has 3 fully saturated rings. The average molecular weight is 706 g/mol. The smallest absolute Gasteiger partial charge is 0.304 e. The number of piperazine rings is 1. The van der Waals surface area contributed by atoms with Crippen LogP contribution in [0.1, 0.15) is 80.3 Å². The van der Waals surface area contributed by atoms with Crippen LogP contribution in [0.3, 0.4) is 0 Å². The van der Waals surface area contributed by atoms with E-state index in [-0.39, 0.29) is 23.7 Å². The van der Waals surface area contributed by atoms with Gasteiger partial charge in [0.15, 0.2) is 0 Å². The van der Waals surface area contributed by atoms with Crippen molar-refractivity contribution >= 4 is 32.9 Å². The maximum absolute atomic E-state index is 14.7. The van der Waals surface area contributed by atoms with Crippen LogP contribution in [-0.4, -0.2) is 105 Å². The summed E-state index contributed by atoms with van der Waals surface area (Å²) < 4.78 is 44.2. The van der Waals surface area contributed by atoms with Gasteiger partial charge in [0.05, 0.1) is 30.4 Å². The number of nitrogens with one attached hydrogen (secondary N) is 1. The lowest BCUT2D eigenvalue weighted by Gasteiger charge is -2.40. The number of morpholine rings is 1. The first kappa shape index (κ1) is 35.0. The van der Waals surface area contributed by atoms with Crippen molar-refractivity contribution in [3.05, 3.63) is 53.1 Å². The van der Waals surface area contributed by atoms with E-state index in [0.717, 1.165) is 59.2 Å². The molecule has 3 aliphatic heterocycles. The third-order valence-electron chi connectivity index (χ3n) is 11.3. The van der Waals surface area contributed by atoms with Crippen LogP contribution >= 0.6 is 0 Å². The van der Waals surface area contributed by atoms with Gasteiger partial charge in [-0.2, -0.15) is 12.7 Å². The molecule has 1 aromatic heterocycles. The number of hydrogen-bond acceptors (Lipinski definition) is 7. The zero-order valence-electron chi connectivity index (χ0n) is 30.0. The summed E-state index contributed by atoms with van der Waals surface area (Å²) in [5.74, 6) is 0.496. The Labute approximate surface area is 296 Å². The zero-order valence-corrected chi connectivity index (χ0v) is 30.9. The monoisotopic (exact) mass is 705 g/mol. The van der Waals surface area contributed by atoms with Gasteiger partial charge in [-0.1, -0.05) is 25.3 Å². The average Bonchev–Trinajstić information content (AvgIpc) is 3.32. The zero-order chi connectivity index (χ0) is 35.4. The minimum absolute atomic E-state index is 0.0615. The van der Waals surface area contributed by atoms with Gasteiger partial charge in [-0.3, -0.25) is 9.59 Å². The van der Waals surface area contributed by atoms with Crippen molar-refractivity contribution < 1.29 is 27.5 Å². The van der Waals surface area contributed by atoms with Crippen molar-refractivity contribution in [2.24, 2.45) is 5.41 Å². The van der Waals surface area contributed by atoms with Gasteiger partial charge in [-0.05, 0) is 94.5 Å². The van der Waals surface area contributed by atoms with E-state index in [2.05, 4.69) is 33.2 Å². The first-order valence-corrected chi connectivity index (χ1v) is 19.6. The van der Waals surface area contributed by atoms with Gasteiger partial charge in [0.25, 0.3) is 5.91 Å².